The van der Waals surface area contributed by atoms with Gasteiger partial charge in [0.2, 0.25) is 5.82 Å². The van der Waals surface area contributed by atoms with E-state index in [1.54, 1.807) is 6.07 Å². The van der Waals surface area contributed by atoms with Crippen LogP contribution in [0.3, 0.4) is 0 Å². The van der Waals surface area contributed by atoms with Crippen molar-refractivity contribution in [2.24, 2.45) is 5.41 Å². The van der Waals surface area contributed by atoms with E-state index < -0.39 is 11.6 Å². The molecule has 1 fully saturated rings. The molecule has 0 radical (unpaired) electrons. The molecular weight excluding hydrogens is 222 g/mol. The van der Waals surface area contributed by atoms with Gasteiger partial charge in [0.1, 0.15) is 0 Å². The minimum atomic E-state index is -0.866. The first kappa shape index (κ1) is 12.3. The largest absolute Gasteiger partial charge is 0.493 e. The molecule has 0 aliphatic heterocycles. The van der Waals surface area contributed by atoms with Crippen LogP contribution in [0.15, 0.2) is 12.1 Å². The average Bonchev–Trinajstić information content (AvgIpc) is 2.62. The summed E-state index contributed by atoms with van der Waals surface area (Å²) in [4.78, 5) is 0. The van der Waals surface area contributed by atoms with Crippen LogP contribution in [0.2, 0.25) is 0 Å². The van der Waals surface area contributed by atoms with E-state index in [4.69, 9.17) is 4.74 Å². The third-order valence-corrected chi connectivity index (χ3v) is 3.69. The molecule has 3 heteroatoms. The second kappa shape index (κ2) is 4.28. The van der Waals surface area contributed by atoms with E-state index >= 15 is 0 Å². The first-order valence-electron chi connectivity index (χ1n) is 5.96. The van der Waals surface area contributed by atoms with Crippen molar-refractivity contribution in [2.45, 2.75) is 39.0 Å². The Balaban J connectivity index is 2.37. The molecule has 1 aliphatic rings. The molecule has 0 saturated heterocycles. The topological polar surface area (TPSA) is 9.23 Å². The fraction of sp³-hybridized carbons (Fsp3) is 0.571. The number of benzene rings is 1. The monoisotopic (exact) mass is 240 g/mol. The Bertz CT molecular complexity index is 426. The summed E-state index contributed by atoms with van der Waals surface area (Å²) in [5, 5.41) is 0. The number of ether oxygens (including phenoxy) is 1. The zero-order chi connectivity index (χ0) is 12.6. The molecule has 1 aliphatic carbocycles. The van der Waals surface area contributed by atoms with E-state index in [-0.39, 0.29) is 17.1 Å². The van der Waals surface area contributed by atoms with Gasteiger partial charge in [-0.25, -0.2) is 4.39 Å². The van der Waals surface area contributed by atoms with Gasteiger partial charge in [-0.1, -0.05) is 19.9 Å². The van der Waals surface area contributed by atoms with Gasteiger partial charge in [-0.2, -0.15) is 4.39 Å². The molecule has 17 heavy (non-hydrogen) atoms. The summed E-state index contributed by atoms with van der Waals surface area (Å²) in [5.41, 5.74) is 1.08. The molecule has 0 N–H and O–H groups in total. The van der Waals surface area contributed by atoms with Gasteiger partial charge < -0.3 is 4.74 Å². The van der Waals surface area contributed by atoms with Gasteiger partial charge in [0.25, 0.3) is 0 Å². The standard InChI is InChI=1S/C14H18F2O/c1-14(2)7-6-9(8-14)10-4-5-11(15)12(16)13(10)17-3/h4-5,9H,6-8H2,1-3H3. The molecule has 1 aromatic rings. The number of halogens is 2. The summed E-state index contributed by atoms with van der Waals surface area (Å²) in [5.74, 6) is -1.36. The number of hydrogen-bond donors (Lipinski definition) is 0. The molecule has 0 spiro atoms. The summed E-state index contributed by atoms with van der Waals surface area (Å²) in [6.45, 7) is 4.42. The fourth-order valence-corrected chi connectivity index (χ4v) is 2.78. The second-order valence-corrected chi connectivity index (χ2v) is 5.59. The lowest BCUT2D eigenvalue weighted by Gasteiger charge is -2.19. The molecule has 1 unspecified atom stereocenters. The zero-order valence-electron chi connectivity index (χ0n) is 10.5. The highest BCUT2D eigenvalue weighted by molar-refractivity contribution is 5.39. The Labute approximate surface area is 101 Å². The summed E-state index contributed by atoms with van der Waals surface area (Å²) < 4.78 is 31.8. The predicted octanol–water partition coefficient (Wildman–Crippen LogP) is 4.27. The molecular formula is C14H18F2O. The van der Waals surface area contributed by atoms with Crippen molar-refractivity contribution in [1.82, 2.24) is 0 Å². The van der Waals surface area contributed by atoms with Crippen molar-refractivity contribution in [2.75, 3.05) is 7.11 Å². The van der Waals surface area contributed by atoms with Crippen LogP contribution in [0.1, 0.15) is 44.6 Å². The minimum Gasteiger partial charge on any atom is -0.493 e. The Morgan fingerprint density at radius 3 is 2.53 bits per heavy atom. The van der Waals surface area contributed by atoms with E-state index in [0.29, 0.717) is 0 Å². The van der Waals surface area contributed by atoms with Crippen molar-refractivity contribution in [1.29, 1.82) is 0 Å². The van der Waals surface area contributed by atoms with Crippen molar-refractivity contribution in [3.05, 3.63) is 29.3 Å². The van der Waals surface area contributed by atoms with E-state index in [9.17, 15) is 8.78 Å². The maximum atomic E-state index is 13.6. The molecule has 1 atom stereocenters. The van der Waals surface area contributed by atoms with Crippen molar-refractivity contribution in [3.8, 4) is 5.75 Å². The van der Waals surface area contributed by atoms with E-state index in [2.05, 4.69) is 13.8 Å². The normalized spacial score (nSPS) is 22.8. The smallest absolute Gasteiger partial charge is 0.200 e. The van der Waals surface area contributed by atoms with Crippen LogP contribution < -0.4 is 4.74 Å². The van der Waals surface area contributed by atoms with Gasteiger partial charge in [0.05, 0.1) is 7.11 Å². The lowest BCUT2D eigenvalue weighted by molar-refractivity contribution is 0.355. The molecule has 94 valence electrons. The van der Waals surface area contributed by atoms with Gasteiger partial charge in [0.15, 0.2) is 11.6 Å². The van der Waals surface area contributed by atoms with Crippen LogP contribution in [-0.4, -0.2) is 7.11 Å². The zero-order valence-corrected chi connectivity index (χ0v) is 10.5. The lowest BCUT2D eigenvalue weighted by Crippen LogP contribution is -2.06. The molecule has 0 heterocycles. The van der Waals surface area contributed by atoms with Gasteiger partial charge in [-0.3, -0.25) is 0 Å². The van der Waals surface area contributed by atoms with E-state index in [0.717, 1.165) is 24.8 Å². The highest BCUT2D eigenvalue weighted by Crippen LogP contribution is 2.48. The van der Waals surface area contributed by atoms with Gasteiger partial charge in [-0.15, -0.1) is 0 Å². The number of hydrogen-bond acceptors (Lipinski definition) is 1. The quantitative estimate of drug-likeness (QED) is 0.750. The highest BCUT2D eigenvalue weighted by Gasteiger charge is 2.34. The van der Waals surface area contributed by atoms with Crippen LogP contribution in [-0.2, 0) is 0 Å². The van der Waals surface area contributed by atoms with E-state index in [1.807, 2.05) is 0 Å². The predicted molar refractivity (Wildman–Crippen MR) is 63.3 cm³/mol. The summed E-state index contributed by atoms with van der Waals surface area (Å²) >= 11 is 0. The van der Waals surface area contributed by atoms with Gasteiger partial charge >= 0.3 is 0 Å². The Morgan fingerprint density at radius 1 is 1.29 bits per heavy atom. The first-order valence-corrected chi connectivity index (χ1v) is 5.96. The van der Waals surface area contributed by atoms with Crippen molar-refractivity contribution < 1.29 is 13.5 Å². The Hall–Kier alpha value is -1.12. The summed E-state index contributed by atoms with van der Waals surface area (Å²) in [6, 6.07) is 2.85. The van der Waals surface area contributed by atoms with Crippen LogP contribution in [0.25, 0.3) is 0 Å². The average molecular weight is 240 g/mol. The molecule has 0 amide bonds. The Morgan fingerprint density at radius 2 is 2.00 bits per heavy atom. The van der Waals surface area contributed by atoms with Crippen molar-refractivity contribution >= 4 is 0 Å². The molecule has 2 rings (SSSR count). The van der Waals surface area contributed by atoms with E-state index in [1.165, 1.54) is 13.2 Å². The third-order valence-electron chi connectivity index (χ3n) is 3.69. The highest BCUT2D eigenvalue weighted by atomic mass is 19.2. The molecule has 0 aromatic heterocycles. The molecule has 1 aromatic carbocycles. The summed E-state index contributed by atoms with van der Waals surface area (Å²) in [6.07, 6.45) is 3.11. The maximum Gasteiger partial charge on any atom is 0.200 e. The summed E-state index contributed by atoms with van der Waals surface area (Å²) in [7, 11) is 1.39. The van der Waals surface area contributed by atoms with Crippen LogP contribution in [0.5, 0.6) is 5.75 Å². The number of methoxy groups -OCH3 is 1. The maximum absolute atomic E-state index is 13.6. The van der Waals surface area contributed by atoms with Crippen LogP contribution >= 0.6 is 0 Å². The molecule has 0 bridgehead atoms. The van der Waals surface area contributed by atoms with Gasteiger partial charge in [-0.05, 0) is 36.7 Å². The molecule has 1 nitrogen and oxygen atoms in total. The van der Waals surface area contributed by atoms with Gasteiger partial charge in [0, 0.05) is 5.56 Å². The SMILES string of the molecule is COc1c(C2CCC(C)(C)C2)ccc(F)c1F. The lowest BCUT2D eigenvalue weighted by atomic mass is 9.88. The van der Waals surface area contributed by atoms with Crippen molar-refractivity contribution in [3.63, 3.8) is 0 Å². The molecule has 1 saturated carbocycles. The Kier molecular flexibility index (Phi) is 3.11. The fourth-order valence-electron chi connectivity index (χ4n) is 2.78. The first-order chi connectivity index (χ1) is 7.94. The minimum absolute atomic E-state index is 0.0766. The third kappa shape index (κ3) is 2.28. The van der Waals surface area contributed by atoms with Crippen LogP contribution in [0.4, 0.5) is 8.78 Å². The number of rotatable bonds is 2. The second-order valence-electron chi connectivity index (χ2n) is 5.59. The van der Waals surface area contributed by atoms with Crippen LogP contribution in [0, 0.1) is 17.0 Å².